The summed E-state index contributed by atoms with van der Waals surface area (Å²) >= 11 is 5.95. The topological polar surface area (TPSA) is 59.9 Å². The number of methoxy groups -OCH3 is 1. The largest absolute Gasteiger partial charge is 0.496 e. The molecule has 0 spiro atoms. The molecule has 1 rings (SSSR count). The standard InChI is InChI=1S/C14H19ClN2O3/c1-9(16-17-13(18)20-14(2,3)4)11-8-10(15)6-7-12(11)19-5/h6-8H,1-5H3,(H,17,18)/b16-9-. The Balaban J connectivity index is 2.84. The van der Waals surface area contributed by atoms with Gasteiger partial charge in [0.2, 0.25) is 0 Å². The lowest BCUT2D eigenvalue weighted by molar-refractivity contribution is 0.0529. The van der Waals surface area contributed by atoms with Crippen molar-refractivity contribution in [3.05, 3.63) is 28.8 Å². The van der Waals surface area contributed by atoms with Crippen molar-refractivity contribution in [1.29, 1.82) is 0 Å². The summed E-state index contributed by atoms with van der Waals surface area (Å²) in [6, 6.07) is 5.18. The molecule has 0 radical (unpaired) electrons. The zero-order valence-corrected chi connectivity index (χ0v) is 13.0. The van der Waals surface area contributed by atoms with Crippen LogP contribution in [-0.2, 0) is 4.74 Å². The van der Waals surface area contributed by atoms with Crippen LogP contribution in [-0.4, -0.2) is 24.5 Å². The molecule has 0 saturated carbocycles. The van der Waals surface area contributed by atoms with E-state index in [1.165, 1.54) is 0 Å². The second kappa shape index (κ2) is 6.61. The van der Waals surface area contributed by atoms with E-state index in [9.17, 15) is 4.79 Å². The van der Waals surface area contributed by atoms with E-state index in [2.05, 4.69) is 10.5 Å². The van der Waals surface area contributed by atoms with E-state index < -0.39 is 11.7 Å². The van der Waals surface area contributed by atoms with Crippen LogP contribution in [0.4, 0.5) is 4.79 Å². The van der Waals surface area contributed by atoms with Crippen molar-refractivity contribution in [3.63, 3.8) is 0 Å². The fourth-order valence-electron chi connectivity index (χ4n) is 1.45. The maximum absolute atomic E-state index is 11.5. The molecular formula is C14H19ClN2O3. The Morgan fingerprint density at radius 2 is 2.00 bits per heavy atom. The summed E-state index contributed by atoms with van der Waals surface area (Å²) in [7, 11) is 1.56. The maximum atomic E-state index is 11.5. The number of nitrogens with zero attached hydrogens (tertiary/aromatic N) is 1. The molecule has 0 saturated heterocycles. The smallest absolute Gasteiger partial charge is 0.428 e. The summed E-state index contributed by atoms with van der Waals surface area (Å²) in [4.78, 5) is 11.5. The molecule has 1 N–H and O–H groups in total. The summed E-state index contributed by atoms with van der Waals surface area (Å²) in [6.45, 7) is 7.08. The molecule has 1 aromatic rings. The minimum atomic E-state index is -0.613. The third kappa shape index (κ3) is 5.09. The highest BCUT2D eigenvalue weighted by molar-refractivity contribution is 6.31. The van der Waals surface area contributed by atoms with Crippen LogP contribution in [0.25, 0.3) is 0 Å². The van der Waals surface area contributed by atoms with Crippen LogP contribution in [0.15, 0.2) is 23.3 Å². The van der Waals surface area contributed by atoms with Crippen LogP contribution in [0.5, 0.6) is 5.75 Å². The highest BCUT2D eigenvalue weighted by atomic mass is 35.5. The van der Waals surface area contributed by atoms with Gasteiger partial charge in [0.05, 0.1) is 12.8 Å². The van der Waals surface area contributed by atoms with Crippen molar-refractivity contribution < 1.29 is 14.3 Å². The first-order valence-corrected chi connectivity index (χ1v) is 6.48. The van der Waals surface area contributed by atoms with Crippen molar-refractivity contribution in [2.45, 2.75) is 33.3 Å². The summed E-state index contributed by atoms with van der Waals surface area (Å²) in [5, 5.41) is 4.54. The van der Waals surface area contributed by atoms with Gasteiger partial charge < -0.3 is 9.47 Å². The Labute approximate surface area is 123 Å². The number of hydrogen-bond donors (Lipinski definition) is 1. The number of benzene rings is 1. The zero-order chi connectivity index (χ0) is 15.3. The molecule has 5 nitrogen and oxygen atoms in total. The Morgan fingerprint density at radius 1 is 1.35 bits per heavy atom. The van der Waals surface area contributed by atoms with Gasteiger partial charge in [0, 0.05) is 10.6 Å². The number of ether oxygens (including phenoxy) is 2. The van der Waals surface area contributed by atoms with Gasteiger partial charge in [0.15, 0.2) is 0 Å². The molecule has 1 amide bonds. The van der Waals surface area contributed by atoms with E-state index in [0.717, 1.165) is 0 Å². The lowest BCUT2D eigenvalue weighted by Gasteiger charge is -2.18. The SMILES string of the molecule is COc1ccc(Cl)cc1/C(C)=N\NC(=O)OC(C)(C)C. The number of amides is 1. The third-order valence-electron chi connectivity index (χ3n) is 2.27. The molecule has 0 aliphatic rings. The van der Waals surface area contributed by atoms with Crippen LogP contribution >= 0.6 is 11.6 Å². The Hall–Kier alpha value is -1.75. The molecule has 0 aromatic heterocycles. The predicted octanol–water partition coefficient (Wildman–Crippen LogP) is 3.60. The van der Waals surface area contributed by atoms with Gasteiger partial charge in [-0.2, -0.15) is 5.10 Å². The van der Waals surface area contributed by atoms with Crippen molar-refractivity contribution in [2.24, 2.45) is 5.10 Å². The van der Waals surface area contributed by atoms with Gasteiger partial charge in [-0.3, -0.25) is 0 Å². The van der Waals surface area contributed by atoms with Gasteiger partial charge >= 0.3 is 6.09 Å². The molecular weight excluding hydrogens is 280 g/mol. The second-order valence-corrected chi connectivity index (χ2v) is 5.59. The lowest BCUT2D eigenvalue weighted by Crippen LogP contribution is -2.30. The molecule has 0 fully saturated rings. The summed E-state index contributed by atoms with van der Waals surface area (Å²) in [5.41, 5.74) is 3.04. The molecule has 0 bridgehead atoms. The van der Waals surface area contributed by atoms with E-state index in [1.807, 2.05) is 0 Å². The summed E-state index contributed by atoms with van der Waals surface area (Å²) in [6.07, 6.45) is -0.613. The van der Waals surface area contributed by atoms with E-state index in [4.69, 9.17) is 21.1 Å². The number of halogens is 1. The van der Waals surface area contributed by atoms with Gasteiger partial charge in [-0.1, -0.05) is 11.6 Å². The molecule has 0 heterocycles. The van der Waals surface area contributed by atoms with Gasteiger partial charge in [0.1, 0.15) is 11.4 Å². The van der Waals surface area contributed by atoms with Crippen LogP contribution in [0.1, 0.15) is 33.3 Å². The van der Waals surface area contributed by atoms with Gasteiger partial charge in [-0.25, -0.2) is 10.2 Å². The van der Waals surface area contributed by atoms with Crippen LogP contribution in [0.3, 0.4) is 0 Å². The Bertz CT molecular complexity index is 522. The zero-order valence-electron chi connectivity index (χ0n) is 12.3. The average Bonchev–Trinajstić information content (AvgIpc) is 2.33. The fourth-order valence-corrected chi connectivity index (χ4v) is 1.63. The number of nitrogens with one attached hydrogen (secondary N) is 1. The first-order chi connectivity index (χ1) is 9.23. The maximum Gasteiger partial charge on any atom is 0.428 e. The number of hydrazone groups is 1. The van der Waals surface area contributed by atoms with E-state index in [1.54, 1.807) is 53.0 Å². The van der Waals surface area contributed by atoms with E-state index in [0.29, 0.717) is 22.0 Å². The lowest BCUT2D eigenvalue weighted by atomic mass is 10.1. The summed E-state index contributed by atoms with van der Waals surface area (Å²) < 4.78 is 10.3. The number of rotatable bonds is 3. The quantitative estimate of drug-likeness (QED) is 0.685. The van der Waals surface area contributed by atoms with Crippen molar-refractivity contribution in [3.8, 4) is 5.75 Å². The normalized spacial score (nSPS) is 12.0. The first-order valence-electron chi connectivity index (χ1n) is 6.10. The highest BCUT2D eigenvalue weighted by Crippen LogP contribution is 2.23. The average molecular weight is 299 g/mol. The monoisotopic (exact) mass is 298 g/mol. The van der Waals surface area contributed by atoms with Gasteiger partial charge in [-0.05, 0) is 45.9 Å². The minimum absolute atomic E-state index is 0.563. The molecule has 0 aliphatic heterocycles. The number of carbonyl (C=O) groups excluding carboxylic acids is 1. The Morgan fingerprint density at radius 3 is 2.55 bits per heavy atom. The minimum Gasteiger partial charge on any atom is -0.496 e. The first kappa shape index (κ1) is 16.3. The van der Waals surface area contributed by atoms with Crippen molar-refractivity contribution in [1.82, 2.24) is 5.43 Å². The van der Waals surface area contributed by atoms with E-state index >= 15 is 0 Å². The molecule has 0 unspecified atom stereocenters. The summed E-state index contributed by atoms with van der Waals surface area (Å²) in [5.74, 6) is 0.627. The van der Waals surface area contributed by atoms with Gasteiger partial charge in [0.25, 0.3) is 0 Å². The Kier molecular flexibility index (Phi) is 5.39. The predicted molar refractivity (Wildman–Crippen MR) is 79.6 cm³/mol. The molecule has 20 heavy (non-hydrogen) atoms. The molecule has 0 atom stereocenters. The van der Waals surface area contributed by atoms with Crippen LogP contribution < -0.4 is 10.2 Å². The molecule has 6 heteroatoms. The fraction of sp³-hybridized carbons (Fsp3) is 0.429. The molecule has 110 valence electrons. The highest BCUT2D eigenvalue weighted by Gasteiger charge is 2.16. The number of hydrogen-bond acceptors (Lipinski definition) is 4. The van der Waals surface area contributed by atoms with Gasteiger partial charge in [-0.15, -0.1) is 0 Å². The number of carbonyl (C=O) groups is 1. The van der Waals surface area contributed by atoms with E-state index in [-0.39, 0.29) is 0 Å². The van der Waals surface area contributed by atoms with Crippen LogP contribution in [0.2, 0.25) is 5.02 Å². The van der Waals surface area contributed by atoms with Crippen LogP contribution in [0, 0.1) is 0 Å². The molecule has 0 aliphatic carbocycles. The second-order valence-electron chi connectivity index (χ2n) is 5.16. The van der Waals surface area contributed by atoms with Crippen molar-refractivity contribution >= 4 is 23.4 Å². The van der Waals surface area contributed by atoms with Crippen molar-refractivity contribution in [2.75, 3.05) is 7.11 Å². The molecule has 1 aromatic carbocycles. The third-order valence-corrected chi connectivity index (χ3v) is 2.50.